The van der Waals surface area contributed by atoms with Gasteiger partial charge in [-0.15, -0.1) is 22.7 Å². The van der Waals surface area contributed by atoms with Crippen molar-refractivity contribution in [2.45, 2.75) is 43.8 Å². The number of hydrogen-bond acceptors (Lipinski definition) is 7. The highest BCUT2D eigenvalue weighted by Crippen LogP contribution is 2.51. The third-order valence-corrected chi connectivity index (χ3v) is 7.05. The Balaban J connectivity index is 1.64. The zero-order chi connectivity index (χ0) is 26.7. The Labute approximate surface area is 203 Å². The van der Waals surface area contributed by atoms with Crippen molar-refractivity contribution in [2.24, 2.45) is 0 Å². The molecule has 0 bridgehead atoms. The van der Waals surface area contributed by atoms with Gasteiger partial charge in [-0.3, -0.25) is 0 Å². The summed E-state index contributed by atoms with van der Waals surface area (Å²) in [5.41, 5.74) is -0.259. The second-order valence-corrected chi connectivity index (χ2v) is 9.41. The number of carbonyl (C=O) groups is 1. The number of alkyl halides is 9. The summed E-state index contributed by atoms with van der Waals surface area (Å²) in [7, 11) is 0. The molecule has 0 spiro atoms. The van der Waals surface area contributed by atoms with Crippen LogP contribution in [0.3, 0.4) is 0 Å². The average Bonchev–Trinajstić information content (AvgIpc) is 3.45. The van der Waals surface area contributed by atoms with Crippen LogP contribution in [0, 0.1) is 6.92 Å². The predicted molar refractivity (Wildman–Crippen MR) is 108 cm³/mol. The summed E-state index contributed by atoms with van der Waals surface area (Å²) < 4.78 is 127. The van der Waals surface area contributed by atoms with Crippen LogP contribution < -0.4 is 0 Å². The zero-order valence-electron chi connectivity index (χ0n) is 17.5. The Bertz CT molecular complexity index is 1260. The van der Waals surface area contributed by atoms with E-state index in [1.807, 2.05) is 0 Å². The van der Waals surface area contributed by atoms with E-state index in [0.29, 0.717) is 28.2 Å². The SMILES string of the molecule is Cc1ccc(-c2nc(C(F)(F)F)c(-c3nc(CC4OC(C(F)(F)F)(C(F)(F)F)OC4=O)cs3)s2)cc1. The monoisotopic (exact) mass is 562 g/mol. The summed E-state index contributed by atoms with van der Waals surface area (Å²) in [6, 6.07) is 6.49. The van der Waals surface area contributed by atoms with Crippen LogP contribution in [-0.4, -0.2) is 40.2 Å². The third kappa shape index (κ3) is 4.68. The van der Waals surface area contributed by atoms with Crippen molar-refractivity contribution in [3.63, 3.8) is 0 Å². The number of aryl methyl sites for hydroxylation is 1. The lowest BCUT2D eigenvalue weighted by Gasteiger charge is -2.30. The van der Waals surface area contributed by atoms with Gasteiger partial charge >= 0.3 is 30.3 Å². The molecule has 1 saturated heterocycles. The quantitative estimate of drug-likeness (QED) is 0.266. The number of rotatable bonds is 4. The first-order chi connectivity index (χ1) is 16.5. The largest absolute Gasteiger partial charge is 0.465 e. The summed E-state index contributed by atoms with van der Waals surface area (Å²) >= 11 is 1.30. The highest BCUT2D eigenvalue weighted by atomic mass is 32.1. The maximum Gasteiger partial charge on any atom is 0.465 e. The van der Waals surface area contributed by atoms with E-state index in [-0.39, 0.29) is 15.7 Å². The predicted octanol–water partition coefficient (Wildman–Crippen LogP) is 6.57. The lowest BCUT2D eigenvalue weighted by atomic mass is 10.2. The number of hydrogen-bond donors (Lipinski definition) is 0. The minimum Gasteiger partial charge on any atom is -0.414 e. The standard InChI is InChI=1S/C20H11F9N2O3S2/c1-8-2-4-9(5-3-8)14-31-13(17(21,22)23)12(36-14)15-30-10(7-35-15)6-11-16(32)34-18(33-11,19(24,25)26)20(27,28)29/h2-5,7,11H,6H2,1H3. The molecular weight excluding hydrogens is 551 g/mol. The van der Waals surface area contributed by atoms with Crippen LogP contribution >= 0.6 is 22.7 Å². The van der Waals surface area contributed by atoms with Gasteiger partial charge in [0.2, 0.25) is 0 Å². The van der Waals surface area contributed by atoms with Crippen molar-refractivity contribution in [1.29, 1.82) is 0 Å². The number of cyclic esters (lactones) is 1. The second kappa shape index (κ2) is 8.69. The number of ether oxygens (including phenoxy) is 2. The number of esters is 1. The molecule has 5 nitrogen and oxygen atoms in total. The molecule has 16 heteroatoms. The van der Waals surface area contributed by atoms with E-state index in [1.54, 1.807) is 31.2 Å². The molecule has 0 amide bonds. The fraction of sp³-hybridized carbons (Fsp3) is 0.350. The minimum atomic E-state index is -6.13. The van der Waals surface area contributed by atoms with Gasteiger partial charge in [0, 0.05) is 17.4 Å². The van der Waals surface area contributed by atoms with Crippen molar-refractivity contribution in [3.8, 4) is 20.5 Å². The first kappa shape index (κ1) is 26.3. The van der Waals surface area contributed by atoms with Gasteiger partial charge in [0.05, 0.1) is 10.6 Å². The van der Waals surface area contributed by atoms with E-state index in [4.69, 9.17) is 0 Å². The molecule has 1 fully saturated rings. The number of thiazole rings is 2. The molecule has 4 rings (SSSR count). The van der Waals surface area contributed by atoms with E-state index < -0.39 is 53.4 Å². The number of nitrogens with zero attached hydrogens (tertiary/aromatic N) is 2. The van der Waals surface area contributed by atoms with Crippen molar-refractivity contribution in [1.82, 2.24) is 9.97 Å². The smallest absolute Gasteiger partial charge is 0.414 e. The third-order valence-electron chi connectivity index (χ3n) is 4.90. The van der Waals surface area contributed by atoms with Gasteiger partial charge in [0.25, 0.3) is 0 Å². The van der Waals surface area contributed by atoms with Crippen molar-refractivity contribution < 1.29 is 53.8 Å². The molecule has 194 valence electrons. The van der Waals surface area contributed by atoms with Crippen LogP contribution in [0.4, 0.5) is 39.5 Å². The van der Waals surface area contributed by atoms with E-state index in [2.05, 4.69) is 19.4 Å². The molecule has 3 aromatic rings. The molecule has 1 aromatic carbocycles. The topological polar surface area (TPSA) is 61.3 Å². The number of carbonyl (C=O) groups excluding carboxylic acids is 1. The fourth-order valence-corrected chi connectivity index (χ4v) is 5.20. The van der Waals surface area contributed by atoms with Crippen LogP contribution in [0.25, 0.3) is 20.5 Å². The normalized spacial score (nSPS) is 18.5. The van der Waals surface area contributed by atoms with Gasteiger partial charge in [-0.2, -0.15) is 39.5 Å². The van der Waals surface area contributed by atoms with Crippen LogP contribution in [0.1, 0.15) is 17.0 Å². The van der Waals surface area contributed by atoms with Gasteiger partial charge in [-0.25, -0.2) is 14.8 Å². The van der Waals surface area contributed by atoms with Gasteiger partial charge in [-0.05, 0) is 6.92 Å². The Morgan fingerprint density at radius 2 is 1.56 bits per heavy atom. The van der Waals surface area contributed by atoms with E-state index >= 15 is 0 Å². The Kier molecular flexibility index (Phi) is 6.36. The molecule has 0 saturated carbocycles. The average molecular weight is 562 g/mol. The molecule has 1 unspecified atom stereocenters. The van der Waals surface area contributed by atoms with Gasteiger partial charge in [0.1, 0.15) is 10.0 Å². The minimum absolute atomic E-state index is 0.0249. The summed E-state index contributed by atoms with van der Waals surface area (Å²) in [6.45, 7) is 1.78. The summed E-state index contributed by atoms with van der Waals surface area (Å²) in [4.78, 5) is 19.0. The van der Waals surface area contributed by atoms with E-state index in [9.17, 15) is 44.3 Å². The lowest BCUT2D eigenvalue weighted by molar-refractivity contribution is -0.439. The summed E-state index contributed by atoms with van der Waals surface area (Å²) in [5.74, 6) is -7.08. The molecule has 1 aliphatic heterocycles. The van der Waals surface area contributed by atoms with Gasteiger partial charge < -0.3 is 9.47 Å². The first-order valence-corrected chi connectivity index (χ1v) is 11.4. The number of aromatic nitrogens is 2. The molecule has 1 atom stereocenters. The van der Waals surface area contributed by atoms with Crippen molar-refractivity contribution in [2.75, 3.05) is 0 Å². The summed E-state index contributed by atoms with van der Waals surface area (Å²) in [6.07, 6.45) is -20.4. The molecule has 0 radical (unpaired) electrons. The Morgan fingerprint density at radius 1 is 0.944 bits per heavy atom. The molecule has 2 aromatic heterocycles. The second-order valence-electron chi connectivity index (χ2n) is 7.55. The zero-order valence-corrected chi connectivity index (χ0v) is 19.1. The number of halogens is 9. The molecule has 36 heavy (non-hydrogen) atoms. The molecule has 3 heterocycles. The Morgan fingerprint density at radius 3 is 2.08 bits per heavy atom. The molecule has 1 aliphatic rings. The van der Waals surface area contributed by atoms with Crippen LogP contribution in [-0.2, 0) is 26.9 Å². The van der Waals surface area contributed by atoms with E-state index in [0.717, 1.165) is 10.9 Å². The lowest BCUT2D eigenvalue weighted by Crippen LogP contribution is -2.58. The van der Waals surface area contributed by atoms with Crippen LogP contribution in [0.5, 0.6) is 0 Å². The van der Waals surface area contributed by atoms with Crippen LogP contribution in [0.15, 0.2) is 29.6 Å². The molecule has 0 N–H and O–H groups in total. The Hall–Kier alpha value is -2.72. The maximum atomic E-state index is 13.6. The maximum absolute atomic E-state index is 13.6. The first-order valence-electron chi connectivity index (χ1n) is 9.66. The van der Waals surface area contributed by atoms with Gasteiger partial charge in [0.15, 0.2) is 11.8 Å². The van der Waals surface area contributed by atoms with Crippen molar-refractivity contribution >= 4 is 28.6 Å². The van der Waals surface area contributed by atoms with E-state index in [1.165, 1.54) is 0 Å². The number of benzene rings is 1. The molecular formula is C20H11F9N2O3S2. The fourth-order valence-electron chi connectivity index (χ4n) is 3.19. The highest BCUT2D eigenvalue weighted by Gasteiger charge is 2.80. The molecule has 0 aliphatic carbocycles. The summed E-state index contributed by atoms with van der Waals surface area (Å²) in [5, 5.41) is 0.882. The van der Waals surface area contributed by atoms with Crippen LogP contribution in [0.2, 0.25) is 0 Å². The highest BCUT2D eigenvalue weighted by molar-refractivity contribution is 7.22. The van der Waals surface area contributed by atoms with Gasteiger partial charge in [-0.1, -0.05) is 29.8 Å². The van der Waals surface area contributed by atoms with Crippen molar-refractivity contribution in [3.05, 3.63) is 46.6 Å².